The summed E-state index contributed by atoms with van der Waals surface area (Å²) in [5.41, 5.74) is 3.25. The van der Waals surface area contributed by atoms with Gasteiger partial charge in [-0.25, -0.2) is 0 Å². The van der Waals surface area contributed by atoms with Crippen LogP contribution in [-0.4, -0.2) is 28.2 Å². The molecule has 0 spiro atoms. The van der Waals surface area contributed by atoms with Gasteiger partial charge >= 0.3 is 231 Å². The molecule has 3 aromatic carbocycles. The molecule has 1 aliphatic heterocycles. The van der Waals surface area contributed by atoms with Crippen LogP contribution in [0.4, 0.5) is 24.8 Å². The number of carboxylic acid groups (broad SMARTS) is 1. The quantitative estimate of drug-likeness (QED) is 0.179. The van der Waals surface area contributed by atoms with Gasteiger partial charge < -0.3 is 0 Å². The molecule has 0 saturated carbocycles. The average Bonchev–Trinajstić information content (AvgIpc) is 3.31. The van der Waals surface area contributed by atoms with Crippen LogP contribution in [0.3, 0.4) is 0 Å². The maximum absolute atomic E-state index is 14.1. The predicted octanol–water partition coefficient (Wildman–Crippen LogP) is 6.36. The normalized spacial score (nSPS) is 14.0. The van der Waals surface area contributed by atoms with Crippen LogP contribution in [0.1, 0.15) is 45.6 Å². The van der Waals surface area contributed by atoms with Crippen molar-refractivity contribution >= 4 is 48.6 Å². The second-order valence-electron chi connectivity index (χ2n) is 9.47. The van der Waals surface area contributed by atoms with Crippen molar-refractivity contribution in [2.75, 3.05) is 15.1 Å². The molecule has 0 radical (unpaired) electrons. The Hall–Kier alpha value is -3.61. The van der Waals surface area contributed by atoms with Crippen molar-refractivity contribution in [3.05, 3.63) is 98.6 Å². The molecule has 1 aliphatic rings. The first kappa shape index (κ1) is 27.0. The van der Waals surface area contributed by atoms with Crippen molar-refractivity contribution in [3.8, 4) is 0 Å². The number of carboxylic acids is 1. The number of benzene rings is 3. The van der Waals surface area contributed by atoms with Crippen LogP contribution in [0.5, 0.6) is 0 Å². The van der Waals surface area contributed by atoms with Crippen molar-refractivity contribution in [2.45, 2.75) is 37.4 Å². The number of nitrogens with one attached hydrogen (secondary N) is 1. The number of fused-ring (bicyclic) bond motifs is 2. The van der Waals surface area contributed by atoms with E-state index in [4.69, 9.17) is 4.98 Å². The van der Waals surface area contributed by atoms with Gasteiger partial charge in [0.1, 0.15) is 0 Å². The van der Waals surface area contributed by atoms with Gasteiger partial charge in [0.25, 0.3) is 0 Å². The van der Waals surface area contributed by atoms with E-state index >= 15 is 0 Å². The number of carbonyl (C=O) groups is 1. The second-order valence-corrected chi connectivity index (χ2v) is 14.1. The van der Waals surface area contributed by atoms with Gasteiger partial charge in [0.05, 0.1) is 0 Å². The fourth-order valence-electron chi connectivity index (χ4n) is 4.89. The van der Waals surface area contributed by atoms with Crippen LogP contribution in [0, 0.1) is 12.7 Å². The zero-order valence-corrected chi connectivity index (χ0v) is 23.5. The van der Waals surface area contributed by atoms with Crippen molar-refractivity contribution in [1.82, 2.24) is 7.76 Å². The van der Waals surface area contributed by atoms with Gasteiger partial charge in [-0.1, -0.05) is 0 Å². The van der Waals surface area contributed by atoms with Gasteiger partial charge in [0.2, 0.25) is 0 Å². The van der Waals surface area contributed by atoms with E-state index in [1.54, 1.807) is 42.2 Å². The number of rotatable bonds is 7. The molecule has 1 atom stereocenters. The number of aryl methyl sites for hydroxylation is 1. The predicted molar refractivity (Wildman–Crippen MR) is 154 cm³/mol. The summed E-state index contributed by atoms with van der Waals surface area (Å²) in [6.07, 6.45) is 0. The summed E-state index contributed by atoms with van der Waals surface area (Å²) in [5.74, 6) is -1.34. The Kier molecular flexibility index (Phi) is 7.27. The molecule has 0 fully saturated rings. The summed E-state index contributed by atoms with van der Waals surface area (Å²) >= 11 is -3.31. The third kappa shape index (κ3) is 5.07. The molecule has 11 heteroatoms. The standard InChI is InChI=1S/C28H26F3IN4O3/c1-15-10-21(16(2)33-23-7-5-4-6-20(23)26(38)39)24-22(11-15)25(37)36(32(3)27(30)31)28(34-24)35-13-17-8-9-19(29)12-18(17)14-35/h4-12,16,27,33H,13-14H2,1-3H3,(H,38,39). The first-order valence-electron chi connectivity index (χ1n) is 12.1. The molecule has 0 saturated heterocycles. The van der Waals surface area contributed by atoms with E-state index in [2.05, 4.69) is 5.32 Å². The number of nitrogens with zero attached hydrogens (tertiary/aromatic N) is 3. The van der Waals surface area contributed by atoms with E-state index in [9.17, 15) is 27.9 Å². The van der Waals surface area contributed by atoms with E-state index in [-0.39, 0.29) is 23.4 Å². The molecule has 0 amide bonds. The number of hydrogen-bond acceptors (Lipinski definition) is 5. The number of aromatic carboxylic acids is 1. The van der Waals surface area contributed by atoms with Gasteiger partial charge in [-0.2, -0.15) is 0 Å². The molecular formula is C28H26F3IN4O3. The zero-order chi connectivity index (χ0) is 28.0. The minimum atomic E-state index is -3.31. The van der Waals surface area contributed by atoms with Crippen LogP contribution in [0.25, 0.3) is 10.9 Å². The third-order valence-electron chi connectivity index (χ3n) is 6.75. The van der Waals surface area contributed by atoms with Crippen LogP contribution in [-0.2, 0) is 13.1 Å². The molecule has 4 aromatic rings. The van der Waals surface area contributed by atoms with Gasteiger partial charge in [0, 0.05) is 0 Å². The summed E-state index contributed by atoms with van der Waals surface area (Å²) < 4.78 is 40.5. The van der Waals surface area contributed by atoms with E-state index < -0.39 is 47.9 Å². The molecule has 2 heterocycles. The molecule has 2 N–H and O–H groups in total. The minimum absolute atomic E-state index is 0.0944. The average molecular weight is 650 g/mol. The van der Waals surface area contributed by atoms with Gasteiger partial charge in [-0.3, -0.25) is 0 Å². The fourth-order valence-corrected chi connectivity index (χ4v) is 7.35. The fraction of sp³-hybridized carbons (Fsp3) is 0.250. The van der Waals surface area contributed by atoms with Crippen molar-refractivity contribution in [1.29, 1.82) is 0 Å². The Morgan fingerprint density at radius 2 is 1.82 bits per heavy atom. The zero-order valence-electron chi connectivity index (χ0n) is 21.4. The molecule has 204 valence electrons. The van der Waals surface area contributed by atoms with Crippen LogP contribution < -0.4 is 15.8 Å². The second kappa shape index (κ2) is 10.5. The van der Waals surface area contributed by atoms with Crippen LogP contribution in [0.15, 0.2) is 59.4 Å². The number of para-hydroxylation sites is 1. The number of aromatic nitrogens is 2. The molecule has 7 nitrogen and oxygen atoms in total. The van der Waals surface area contributed by atoms with Crippen LogP contribution in [0.2, 0.25) is 0 Å². The Morgan fingerprint density at radius 1 is 1.10 bits per heavy atom. The van der Waals surface area contributed by atoms with E-state index in [0.29, 0.717) is 28.9 Å². The molecule has 0 bridgehead atoms. The van der Waals surface area contributed by atoms with Gasteiger partial charge in [-0.15, -0.1) is 0 Å². The van der Waals surface area contributed by atoms with Crippen molar-refractivity contribution in [2.24, 2.45) is 0 Å². The number of alkyl halides is 4. The molecular weight excluding hydrogens is 624 g/mol. The first-order valence-corrected chi connectivity index (χ1v) is 16.5. The Morgan fingerprint density at radius 3 is 2.54 bits per heavy atom. The van der Waals surface area contributed by atoms with Crippen molar-refractivity contribution in [3.63, 3.8) is 0 Å². The summed E-state index contributed by atoms with van der Waals surface area (Å²) in [5, 5.41) is 13.0. The Balaban J connectivity index is 1.68. The Labute approximate surface area is 230 Å². The number of hydrogen-bond donors (Lipinski definition) is 2. The van der Waals surface area contributed by atoms with E-state index in [1.807, 2.05) is 13.0 Å². The molecule has 1 aromatic heterocycles. The monoisotopic (exact) mass is 650 g/mol. The number of anilines is 2. The SMILES string of the molecule is Cc1cc(C(C)Nc2ccccc2C(=O)O)c2nc(N3Cc4ccc(F)cc4C3)n(I(C)C(F)F)c(=O)c2c1. The summed E-state index contributed by atoms with van der Waals surface area (Å²) in [7, 11) is 0. The topological polar surface area (TPSA) is 87.5 Å². The maximum atomic E-state index is 14.1. The van der Waals surface area contributed by atoms with E-state index in [1.165, 1.54) is 25.9 Å². The molecule has 5 rings (SSSR count). The van der Waals surface area contributed by atoms with Crippen LogP contribution >= 0.6 is 20.1 Å². The molecule has 39 heavy (non-hydrogen) atoms. The number of halogens is 4. The first-order chi connectivity index (χ1) is 18.5. The molecule has 1 unspecified atom stereocenters. The van der Waals surface area contributed by atoms with Crippen molar-refractivity contribution < 1.29 is 23.1 Å². The van der Waals surface area contributed by atoms with Gasteiger partial charge in [-0.05, 0) is 0 Å². The summed E-state index contributed by atoms with van der Waals surface area (Å²) in [6.45, 7) is 4.17. The van der Waals surface area contributed by atoms with Gasteiger partial charge in [0.15, 0.2) is 0 Å². The Bertz CT molecular complexity index is 1660. The third-order valence-corrected chi connectivity index (χ3v) is 10.5. The summed E-state index contributed by atoms with van der Waals surface area (Å²) in [4.78, 5) is 33.6. The van der Waals surface area contributed by atoms with E-state index in [0.717, 1.165) is 11.1 Å². The summed E-state index contributed by atoms with van der Waals surface area (Å²) in [6, 6.07) is 13.9. The molecule has 0 aliphatic carbocycles.